The van der Waals surface area contributed by atoms with E-state index in [0.29, 0.717) is 18.4 Å². The molecule has 0 aliphatic heterocycles. The SMILES string of the molecule is C=CCOC(=O)Nc1nnc(C(=O)O)c2c1CCCC2. The van der Waals surface area contributed by atoms with E-state index in [4.69, 9.17) is 9.84 Å². The molecule has 0 saturated heterocycles. The van der Waals surface area contributed by atoms with Gasteiger partial charge in [-0.15, -0.1) is 10.2 Å². The van der Waals surface area contributed by atoms with Crippen LogP contribution in [0.15, 0.2) is 12.7 Å². The number of nitrogens with one attached hydrogen (secondary N) is 1. The van der Waals surface area contributed by atoms with Crippen LogP contribution in [0.2, 0.25) is 0 Å². The Hall–Kier alpha value is -2.44. The number of anilines is 1. The van der Waals surface area contributed by atoms with Crippen LogP contribution < -0.4 is 5.32 Å². The number of rotatable bonds is 4. The Kier molecular flexibility index (Phi) is 4.29. The number of fused-ring (bicyclic) bond motifs is 1. The Labute approximate surface area is 115 Å². The highest BCUT2D eigenvalue weighted by Crippen LogP contribution is 2.28. The first-order valence-corrected chi connectivity index (χ1v) is 6.30. The van der Waals surface area contributed by atoms with Crippen molar-refractivity contribution in [3.63, 3.8) is 0 Å². The van der Waals surface area contributed by atoms with Crippen LogP contribution in [0.5, 0.6) is 0 Å². The minimum atomic E-state index is -1.10. The summed E-state index contributed by atoms with van der Waals surface area (Å²) in [6, 6.07) is 0. The van der Waals surface area contributed by atoms with Crippen LogP contribution in [-0.2, 0) is 17.6 Å². The predicted octanol–water partition coefficient (Wildman–Crippen LogP) is 1.79. The molecule has 1 aromatic heterocycles. The summed E-state index contributed by atoms with van der Waals surface area (Å²) in [5, 5.41) is 19.1. The van der Waals surface area contributed by atoms with Crippen LogP contribution in [-0.4, -0.2) is 34.0 Å². The lowest BCUT2D eigenvalue weighted by molar-refractivity contribution is 0.0687. The first kappa shape index (κ1) is 14.0. The van der Waals surface area contributed by atoms with Crippen molar-refractivity contribution in [2.45, 2.75) is 25.7 Å². The van der Waals surface area contributed by atoms with E-state index >= 15 is 0 Å². The number of carboxylic acid groups (broad SMARTS) is 1. The molecule has 0 unspecified atom stereocenters. The fraction of sp³-hybridized carbons (Fsp3) is 0.385. The number of hydrogen-bond donors (Lipinski definition) is 2. The Morgan fingerprint density at radius 2 is 2.00 bits per heavy atom. The normalized spacial score (nSPS) is 13.2. The highest BCUT2D eigenvalue weighted by Gasteiger charge is 2.23. The summed E-state index contributed by atoms with van der Waals surface area (Å²) in [4.78, 5) is 22.6. The highest BCUT2D eigenvalue weighted by molar-refractivity contribution is 5.89. The number of hydrogen-bond acceptors (Lipinski definition) is 5. The maximum Gasteiger partial charge on any atom is 0.413 e. The molecule has 1 amide bonds. The molecule has 7 nitrogen and oxygen atoms in total. The number of nitrogens with zero attached hydrogens (tertiary/aromatic N) is 2. The van der Waals surface area contributed by atoms with Gasteiger partial charge in [-0.05, 0) is 31.2 Å². The Morgan fingerprint density at radius 1 is 1.30 bits per heavy atom. The van der Waals surface area contributed by atoms with Crippen molar-refractivity contribution in [1.82, 2.24) is 10.2 Å². The van der Waals surface area contributed by atoms with E-state index in [9.17, 15) is 9.59 Å². The molecule has 1 heterocycles. The van der Waals surface area contributed by atoms with Crippen molar-refractivity contribution in [2.75, 3.05) is 11.9 Å². The maximum atomic E-state index is 11.5. The number of carboxylic acids is 1. The molecule has 0 aromatic carbocycles. The number of carbonyl (C=O) groups is 2. The van der Waals surface area contributed by atoms with E-state index in [1.807, 2.05) is 0 Å². The minimum absolute atomic E-state index is 0.0373. The zero-order chi connectivity index (χ0) is 14.5. The Balaban J connectivity index is 2.28. The lowest BCUT2D eigenvalue weighted by atomic mass is 9.91. The van der Waals surface area contributed by atoms with E-state index < -0.39 is 12.1 Å². The summed E-state index contributed by atoms with van der Waals surface area (Å²) in [6.45, 7) is 3.53. The molecule has 0 spiro atoms. The number of carbonyl (C=O) groups excluding carboxylic acids is 1. The molecule has 1 aliphatic carbocycles. The molecule has 0 atom stereocenters. The fourth-order valence-electron chi connectivity index (χ4n) is 2.19. The molecule has 1 aromatic rings. The van der Waals surface area contributed by atoms with Crippen LogP contribution >= 0.6 is 0 Å². The van der Waals surface area contributed by atoms with Crippen LogP contribution in [0.4, 0.5) is 10.6 Å². The second-order valence-electron chi connectivity index (χ2n) is 4.38. The van der Waals surface area contributed by atoms with Crippen molar-refractivity contribution < 1.29 is 19.4 Å². The third-order valence-corrected chi connectivity index (χ3v) is 3.04. The first-order chi connectivity index (χ1) is 9.63. The maximum absolute atomic E-state index is 11.5. The fourth-order valence-corrected chi connectivity index (χ4v) is 2.19. The van der Waals surface area contributed by atoms with Gasteiger partial charge >= 0.3 is 12.1 Å². The average molecular weight is 277 g/mol. The summed E-state index contributed by atoms with van der Waals surface area (Å²) in [6.07, 6.45) is 3.92. The number of aromatic nitrogens is 2. The molecular formula is C13H15N3O4. The minimum Gasteiger partial charge on any atom is -0.476 e. The second kappa shape index (κ2) is 6.14. The molecule has 1 aliphatic rings. The predicted molar refractivity (Wildman–Crippen MR) is 70.8 cm³/mol. The summed E-state index contributed by atoms with van der Waals surface area (Å²) >= 11 is 0. The molecule has 7 heteroatoms. The van der Waals surface area contributed by atoms with Gasteiger partial charge in [0.2, 0.25) is 0 Å². The molecule has 106 valence electrons. The summed E-state index contributed by atoms with van der Waals surface area (Å²) < 4.78 is 4.81. The molecule has 0 fully saturated rings. The quantitative estimate of drug-likeness (QED) is 0.813. The van der Waals surface area contributed by atoms with Gasteiger partial charge in [0.25, 0.3) is 0 Å². The van der Waals surface area contributed by atoms with Crippen molar-refractivity contribution in [3.05, 3.63) is 29.5 Å². The number of aromatic carboxylic acids is 1. The molecule has 2 rings (SSSR count). The van der Waals surface area contributed by atoms with E-state index in [2.05, 4.69) is 22.1 Å². The number of ether oxygens (including phenoxy) is 1. The molecule has 2 N–H and O–H groups in total. The van der Waals surface area contributed by atoms with Gasteiger partial charge in [-0.3, -0.25) is 5.32 Å². The van der Waals surface area contributed by atoms with Gasteiger partial charge in [0.15, 0.2) is 11.5 Å². The van der Waals surface area contributed by atoms with Gasteiger partial charge in [-0.1, -0.05) is 12.7 Å². The Morgan fingerprint density at radius 3 is 2.65 bits per heavy atom. The van der Waals surface area contributed by atoms with Gasteiger partial charge in [0.1, 0.15) is 6.61 Å². The zero-order valence-corrected chi connectivity index (χ0v) is 10.9. The van der Waals surface area contributed by atoms with Crippen LogP contribution in [0.3, 0.4) is 0 Å². The summed E-state index contributed by atoms with van der Waals surface area (Å²) in [5.74, 6) is -0.824. The van der Waals surface area contributed by atoms with Gasteiger partial charge in [-0.25, -0.2) is 9.59 Å². The lowest BCUT2D eigenvalue weighted by Crippen LogP contribution is -2.21. The molecule has 20 heavy (non-hydrogen) atoms. The lowest BCUT2D eigenvalue weighted by Gasteiger charge is -2.19. The smallest absolute Gasteiger partial charge is 0.413 e. The first-order valence-electron chi connectivity index (χ1n) is 6.30. The summed E-state index contributed by atoms with van der Waals surface area (Å²) in [7, 11) is 0. The van der Waals surface area contributed by atoms with E-state index in [-0.39, 0.29) is 18.1 Å². The van der Waals surface area contributed by atoms with E-state index in [0.717, 1.165) is 18.4 Å². The molecule has 0 radical (unpaired) electrons. The van der Waals surface area contributed by atoms with Gasteiger partial charge in [-0.2, -0.15) is 0 Å². The van der Waals surface area contributed by atoms with Gasteiger partial charge in [0.05, 0.1) is 0 Å². The van der Waals surface area contributed by atoms with Crippen molar-refractivity contribution in [2.24, 2.45) is 0 Å². The topological polar surface area (TPSA) is 101 Å². The van der Waals surface area contributed by atoms with Crippen LogP contribution in [0.1, 0.15) is 34.5 Å². The molecule has 0 bridgehead atoms. The molecule has 0 saturated carbocycles. The average Bonchev–Trinajstić information content (AvgIpc) is 2.45. The van der Waals surface area contributed by atoms with Crippen molar-refractivity contribution in [3.8, 4) is 0 Å². The second-order valence-corrected chi connectivity index (χ2v) is 4.38. The largest absolute Gasteiger partial charge is 0.476 e. The third kappa shape index (κ3) is 2.93. The van der Waals surface area contributed by atoms with E-state index in [1.54, 1.807) is 0 Å². The molecular weight excluding hydrogens is 262 g/mol. The monoisotopic (exact) mass is 277 g/mol. The third-order valence-electron chi connectivity index (χ3n) is 3.04. The van der Waals surface area contributed by atoms with Crippen LogP contribution in [0.25, 0.3) is 0 Å². The van der Waals surface area contributed by atoms with Gasteiger partial charge < -0.3 is 9.84 Å². The van der Waals surface area contributed by atoms with Gasteiger partial charge in [0, 0.05) is 5.56 Å². The zero-order valence-electron chi connectivity index (χ0n) is 10.9. The van der Waals surface area contributed by atoms with Crippen molar-refractivity contribution in [1.29, 1.82) is 0 Å². The Bertz CT molecular complexity index is 557. The van der Waals surface area contributed by atoms with E-state index in [1.165, 1.54) is 6.08 Å². The van der Waals surface area contributed by atoms with Crippen LogP contribution in [0, 0.1) is 0 Å². The summed E-state index contributed by atoms with van der Waals surface area (Å²) in [5.41, 5.74) is 1.35. The standard InChI is InChI=1S/C13H15N3O4/c1-2-7-20-13(19)14-11-9-6-4-3-5-8(9)10(12(17)18)15-16-11/h2H,1,3-7H2,(H,17,18)(H,14,16,19). The van der Waals surface area contributed by atoms with Crippen molar-refractivity contribution >= 4 is 17.9 Å². The number of amides is 1. The highest BCUT2D eigenvalue weighted by atomic mass is 16.5.